The average molecular weight is 221 g/mol. The predicted octanol–water partition coefficient (Wildman–Crippen LogP) is 3.58. The molecule has 1 aromatic rings. The van der Waals surface area contributed by atoms with Crippen LogP contribution in [0.2, 0.25) is 0 Å². The van der Waals surface area contributed by atoms with Gasteiger partial charge in [0.05, 0.1) is 0 Å². The lowest BCUT2D eigenvalue weighted by Crippen LogP contribution is -2.24. The summed E-state index contributed by atoms with van der Waals surface area (Å²) < 4.78 is 14.1. The van der Waals surface area contributed by atoms with Crippen molar-refractivity contribution < 1.29 is 4.39 Å². The molecule has 0 aromatic heterocycles. The Morgan fingerprint density at radius 3 is 2.62 bits per heavy atom. The van der Waals surface area contributed by atoms with E-state index in [1.807, 2.05) is 32.2 Å². The summed E-state index contributed by atoms with van der Waals surface area (Å²) in [5, 5.41) is 3.29. The summed E-state index contributed by atoms with van der Waals surface area (Å²) in [4.78, 5) is 0. The highest BCUT2D eigenvalue weighted by molar-refractivity contribution is 5.28. The van der Waals surface area contributed by atoms with Crippen LogP contribution in [0, 0.1) is 18.7 Å². The quantitative estimate of drug-likeness (QED) is 0.822. The van der Waals surface area contributed by atoms with Crippen LogP contribution < -0.4 is 5.32 Å². The Morgan fingerprint density at radius 2 is 2.00 bits per heavy atom. The van der Waals surface area contributed by atoms with Gasteiger partial charge in [0.1, 0.15) is 5.82 Å². The lowest BCUT2D eigenvalue weighted by atomic mass is 9.90. The minimum atomic E-state index is -0.0336. The first-order valence-electron chi connectivity index (χ1n) is 6.16. The predicted molar refractivity (Wildman–Crippen MR) is 64.9 cm³/mol. The molecule has 0 bridgehead atoms. The van der Waals surface area contributed by atoms with E-state index in [2.05, 4.69) is 5.32 Å². The monoisotopic (exact) mass is 221 g/mol. The van der Waals surface area contributed by atoms with Crippen LogP contribution in [0.25, 0.3) is 0 Å². The Bertz CT molecular complexity index is 356. The number of nitrogens with one attached hydrogen (secondary N) is 1. The van der Waals surface area contributed by atoms with Crippen molar-refractivity contribution in [3.8, 4) is 0 Å². The Morgan fingerprint density at radius 1 is 1.31 bits per heavy atom. The molecule has 88 valence electrons. The van der Waals surface area contributed by atoms with Crippen molar-refractivity contribution in [1.29, 1.82) is 0 Å². The zero-order valence-corrected chi connectivity index (χ0v) is 10.1. The van der Waals surface area contributed by atoms with Gasteiger partial charge in [0, 0.05) is 11.6 Å². The minimum Gasteiger partial charge on any atom is -0.313 e. The third kappa shape index (κ3) is 2.12. The molecule has 0 saturated heterocycles. The second-order valence-corrected chi connectivity index (χ2v) is 4.79. The molecule has 0 amide bonds. The number of hydrogen-bond acceptors (Lipinski definition) is 1. The van der Waals surface area contributed by atoms with Crippen molar-refractivity contribution in [2.45, 2.75) is 38.6 Å². The van der Waals surface area contributed by atoms with E-state index in [1.165, 1.54) is 25.7 Å². The standard InChI is InChI=1S/C14H20FN/c1-10-6-5-9-12(13(10)15)14(16-2)11-7-3-4-8-11/h5-6,9,11,14,16H,3-4,7-8H2,1-2H3. The fraction of sp³-hybridized carbons (Fsp3) is 0.571. The molecule has 0 heterocycles. The largest absolute Gasteiger partial charge is 0.313 e. The van der Waals surface area contributed by atoms with E-state index >= 15 is 0 Å². The maximum absolute atomic E-state index is 14.1. The molecule has 16 heavy (non-hydrogen) atoms. The van der Waals surface area contributed by atoms with Gasteiger partial charge in [-0.2, -0.15) is 0 Å². The highest BCUT2D eigenvalue weighted by Gasteiger charge is 2.27. The van der Waals surface area contributed by atoms with Gasteiger partial charge in [0.25, 0.3) is 0 Å². The van der Waals surface area contributed by atoms with Crippen LogP contribution in [0.15, 0.2) is 18.2 Å². The fourth-order valence-electron chi connectivity index (χ4n) is 2.85. The highest BCUT2D eigenvalue weighted by Crippen LogP contribution is 2.36. The molecule has 1 atom stereocenters. The zero-order chi connectivity index (χ0) is 11.5. The molecular weight excluding hydrogens is 201 g/mol. The topological polar surface area (TPSA) is 12.0 Å². The summed E-state index contributed by atoms with van der Waals surface area (Å²) in [7, 11) is 1.94. The molecule has 1 aromatic carbocycles. The molecule has 2 heteroatoms. The van der Waals surface area contributed by atoms with Gasteiger partial charge in [-0.25, -0.2) is 4.39 Å². The molecule has 1 aliphatic rings. The number of rotatable bonds is 3. The minimum absolute atomic E-state index is 0.0336. The van der Waals surface area contributed by atoms with Crippen molar-refractivity contribution >= 4 is 0 Å². The van der Waals surface area contributed by atoms with Gasteiger partial charge in [-0.05, 0) is 38.3 Å². The van der Waals surface area contributed by atoms with E-state index in [0.29, 0.717) is 5.92 Å². The lowest BCUT2D eigenvalue weighted by Gasteiger charge is -2.24. The fourth-order valence-corrected chi connectivity index (χ4v) is 2.85. The van der Waals surface area contributed by atoms with E-state index < -0.39 is 0 Å². The summed E-state index contributed by atoms with van der Waals surface area (Å²) in [6, 6.07) is 5.89. The third-order valence-electron chi connectivity index (χ3n) is 3.74. The SMILES string of the molecule is CNC(c1cccc(C)c1F)C1CCCC1. The van der Waals surface area contributed by atoms with Crippen molar-refractivity contribution in [1.82, 2.24) is 5.32 Å². The normalized spacial score (nSPS) is 18.9. The van der Waals surface area contributed by atoms with Gasteiger partial charge in [-0.3, -0.25) is 0 Å². The number of aryl methyl sites for hydroxylation is 1. The van der Waals surface area contributed by atoms with E-state index in [4.69, 9.17) is 0 Å². The molecule has 2 rings (SSSR count). The summed E-state index contributed by atoms with van der Waals surface area (Å²) in [6.07, 6.45) is 5.02. The molecular formula is C14H20FN. The third-order valence-corrected chi connectivity index (χ3v) is 3.74. The summed E-state index contributed by atoms with van der Waals surface area (Å²) >= 11 is 0. The average Bonchev–Trinajstić information content (AvgIpc) is 2.79. The van der Waals surface area contributed by atoms with Gasteiger partial charge >= 0.3 is 0 Å². The zero-order valence-electron chi connectivity index (χ0n) is 10.1. The van der Waals surface area contributed by atoms with Crippen molar-refractivity contribution in [3.63, 3.8) is 0 Å². The number of benzene rings is 1. The van der Waals surface area contributed by atoms with Crippen LogP contribution in [0.5, 0.6) is 0 Å². The Labute approximate surface area is 97.1 Å². The van der Waals surface area contributed by atoms with Crippen molar-refractivity contribution in [2.24, 2.45) is 5.92 Å². The molecule has 1 saturated carbocycles. The van der Waals surface area contributed by atoms with Crippen LogP contribution in [0.3, 0.4) is 0 Å². The maximum atomic E-state index is 14.1. The molecule has 1 unspecified atom stereocenters. The number of hydrogen-bond donors (Lipinski definition) is 1. The highest BCUT2D eigenvalue weighted by atomic mass is 19.1. The van der Waals surface area contributed by atoms with Gasteiger partial charge in [-0.15, -0.1) is 0 Å². The van der Waals surface area contributed by atoms with E-state index in [9.17, 15) is 4.39 Å². The molecule has 0 spiro atoms. The van der Waals surface area contributed by atoms with Gasteiger partial charge in [0.15, 0.2) is 0 Å². The van der Waals surface area contributed by atoms with E-state index in [0.717, 1.165) is 11.1 Å². The Hall–Kier alpha value is -0.890. The lowest BCUT2D eigenvalue weighted by molar-refractivity contribution is 0.377. The van der Waals surface area contributed by atoms with E-state index in [1.54, 1.807) is 0 Å². The first-order chi connectivity index (χ1) is 7.74. The first kappa shape index (κ1) is 11.6. The molecule has 1 aliphatic carbocycles. The van der Waals surface area contributed by atoms with Crippen molar-refractivity contribution in [3.05, 3.63) is 35.1 Å². The van der Waals surface area contributed by atoms with Crippen LogP contribution in [0.4, 0.5) is 4.39 Å². The second-order valence-electron chi connectivity index (χ2n) is 4.79. The molecule has 0 aliphatic heterocycles. The first-order valence-corrected chi connectivity index (χ1v) is 6.16. The molecule has 1 nitrogen and oxygen atoms in total. The van der Waals surface area contributed by atoms with Crippen LogP contribution in [0.1, 0.15) is 42.9 Å². The smallest absolute Gasteiger partial charge is 0.130 e. The number of halogens is 1. The molecule has 0 radical (unpaired) electrons. The van der Waals surface area contributed by atoms with Gasteiger partial charge < -0.3 is 5.32 Å². The van der Waals surface area contributed by atoms with Crippen molar-refractivity contribution in [2.75, 3.05) is 7.05 Å². The maximum Gasteiger partial charge on any atom is 0.130 e. The molecule has 1 fully saturated rings. The Kier molecular flexibility index (Phi) is 3.59. The molecule has 1 N–H and O–H groups in total. The van der Waals surface area contributed by atoms with Crippen LogP contribution >= 0.6 is 0 Å². The Balaban J connectivity index is 2.28. The van der Waals surface area contributed by atoms with Crippen LogP contribution in [-0.2, 0) is 0 Å². The summed E-state index contributed by atoms with van der Waals surface area (Å²) in [6.45, 7) is 1.83. The van der Waals surface area contributed by atoms with Crippen LogP contribution in [-0.4, -0.2) is 7.05 Å². The second kappa shape index (κ2) is 4.96. The van der Waals surface area contributed by atoms with Gasteiger partial charge in [0.2, 0.25) is 0 Å². The summed E-state index contributed by atoms with van der Waals surface area (Å²) in [5.41, 5.74) is 1.59. The summed E-state index contributed by atoms with van der Waals surface area (Å²) in [5.74, 6) is 0.565. The van der Waals surface area contributed by atoms with Gasteiger partial charge in [-0.1, -0.05) is 31.0 Å². The van der Waals surface area contributed by atoms with E-state index in [-0.39, 0.29) is 11.9 Å².